The van der Waals surface area contributed by atoms with Gasteiger partial charge in [-0.15, -0.1) is 0 Å². The van der Waals surface area contributed by atoms with Crippen LogP contribution in [0.25, 0.3) is 0 Å². The van der Waals surface area contributed by atoms with Crippen molar-refractivity contribution < 1.29 is 28.2 Å². The van der Waals surface area contributed by atoms with Crippen molar-refractivity contribution in [2.45, 2.75) is 50.6 Å². The SMILES string of the molecule is CCCC(NC(=O)NCc1ccc(F)cc1)C(=O)NCC1(c2ccc3c(c2)OCO3)CCOCC1. The zero-order valence-corrected chi connectivity index (χ0v) is 19.9. The summed E-state index contributed by atoms with van der Waals surface area (Å²) in [5.41, 5.74) is 1.54. The van der Waals surface area contributed by atoms with Crippen molar-refractivity contribution in [2.75, 3.05) is 26.6 Å². The van der Waals surface area contributed by atoms with E-state index in [2.05, 4.69) is 16.0 Å². The largest absolute Gasteiger partial charge is 0.454 e. The van der Waals surface area contributed by atoms with Gasteiger partial charge in [0, 0.05) is 31.7 Å². The summed E-state index contributed by atoms with van der Waals surface area (Å²) in [6.45, 7) is 4.04. The predicted octanol–water partition coefficient (Wildman–Crippen LogP) is 3.39. The topological polar surface area (TPSA) is 97.9 Å². The van der Waals surface area contributed by atoms with Gasteiger partial charge >= 0.3 is 6.03 Å². The van der Waals surface area contributed by atoms with Crippen molar-refractivity contribution >= 4 is 11.9 Å². The van der Waals surface area contributed by atoms with Gasteiger partial charge in [-0.05, 0) is 54.7 Å². The minimum Gasteiger partial charge on any atom is -0.454 e. The van der Waals surface area contributed by atoms with Gasteiger partial charge in [0.15, 0.2) is 11.5 Å². The molecule has 2 aromatic carbocycles. The van der Waals surface area contributed by atoms with E-state index in [9.17, 15) is 14.0 Å². The summed E-state index contributed by atoms with van der Waals surface area (Å²) in [5.74, 6) is 0.873. The number of rotatable bonds is 9. The normalized spacial score (nSPS) is 16.9. The number of ether oxygens (including phenoxy) is 3. The van der Waals surface area contributed by atoms with E-state index in [0.29, 0.717) is 31.9 Å². The van der Waals surface area contributed by atoms with Crippen molar-refractivity contribution in [3.05, 3.63) is 59.4 Å². The Morgan fingerprint density at radius 2 is 1.77 bits per heavy atom. The van der Waals surface area contributed by atoms with Crippen molar-refractivity contribution in [3.8, 4) is 11.5 Å². The third kappa shape index (κ3) is 6.22. The molecule has 1 saturated heterocycles. The fourth-order valence-corrected chi connectivity index (χ4v) is 4.49. The maximum atomic E-state index is 13.1. The first-order valence-corrected chi connectivity index (χ1v) is 12.0. The Kier molecular flexibility index (Phi) is 8.07. The Balaban J connectivity index is 1.37. The number of carbonyl (C=O) groups excluding carboxylic acids is 2. The summed E-state index contributed by atoms with van der Waals surface area (Å²) < 4.78 is 29.7. The molecule has 0 radical (unpaired) electrons. The summed E-state index contributed by atoms with van der Waals surface area (Å²) in [6, 6.07) is 10.7. The van der Waals surface area contributed by atoms with Crippen LogP contribution in [-0.4, -0.2) is 44.5 Å². The Labute approximate surface area is 204 Å². The number of amides is 3. The molecule has 8 nitrogen and oxygen atoms in total. The van der Waals surface area contributed by atoms with Crippen molar-refractivity contribution in [2.24, 2.45) is 0 Å². The average molecular weight is 486 g/mol. The first-order chi connectivity index (χ1) is 17.0. The molecule has 188 valence electrons. The van der Waals surface area contributed by atoms with Gasteiger partial charge in [0.1, 0.15) is 11.9 Å². The van der Waals surface area contributed by atoms with Crippen LogP contribution < -0.4 is 25.4 Å². The summed E-state index contributed by atoms with van der Waals surface area (Å²) >= 11 is 0. The lowest BCUT2D eigenvalue weighted by Crippen LogP contribution is -2.53. The van der Waals surface area contributed by atoms with E-state index < -0.39 is 12.1 Å². The summed E-state index contributed by atoms with van der Waals surface area (Å²) in [4.78, 5) is 25.6. The molecular formula is C26H32FN3O5. The highest BCUT2D eigenvalue weighted by Crippen LogP contribution is 2.40. The van der Waals surface area contributed by atoms with Gasteiger partial charge in [-0.25, -0.2) is 9.18 Å². The Hall–Kier alpha value is -3.33. The first kappa shape index (κ1) is 24.8. The van der Waals surface area contributed by atoms with Crippen LogP contribution in [0.5, 0.6) is 11.5 Å². The molecule has 2 aromatic rings. The van der Waals surface area contributed by atoms with Crippen LogP contribution in [0.4, 0.5) is 9.18 Å². The maximum absolute atomic E-state index is 13.1. The van der Waals surface area contributed by atoms with E-state index in [4.69, 9.17) is 14.2 Å². The molecule has 0 aliphatic carbocycles. The van der Waals surface area contributed by atoms with Crippen LogP contribution in [-0.2, 0) is 21.5 Å². The molecule has 0 aromatic heterocycles. The highest BCUT2D eigenvalue weighted by Gasteiger charge is 2.36. The second kappa shape index (κ2) is 11.4. The quantitative estimate of drug-likeness (QED) is 0.506. The second-order valence-corrected chi connectivity index (χ2v) is 8.97. The number of benzene rings is 2. The second-order valence-electron chi connectivity index (χ2n) is 8.97. The zero-order chi connectivity index (χ0) is 24.7. The molecule has 2 aliphatic heterocycles. The smallest absolute Gasteiger partial charge is 0.315 e. The van der Waals surface area contributed by atoms with Gasteiger partial charge in [-0.3, -0.25) is 4.79 Å². The maximum Gasteiger partial charge on any atom is 0.315 e. The molecule has 3 N–H and O–H groups in total. The molecule has 0 bridgehead atoms. The molecule has 1 atom stereocenters. The third-order valence-electron chi connectivity index (χ3n) is 6.60. The molecule has 3 amide bonds. The highest BCUT2D eigenvalue weighted by molar-refractivity contribution is 5.87. The summed E-state index contributed by atoms with van der Waals surface area (Å²) in [5, 5.41) is 8.59. The minimum absolute atomic E-state index is 0.208. The van der Waals surface area contributed by atoms with Crippen LogP contribution in [0.2, 0.25) is 0 Å². The van der Waals surface area contributed by atoms with Crippen LogP contribution in [0.1, 0.15) is 43.7 Å². The van der Waals surface area contributed by atoms with Crippen LogP contribution in [0.3, 0.4) is 0 Å². The Morgan fingerprint density at radius 3 is 2.51 bits per heavy atom. The molecule has 35 heavy (non-hydrogen) atoms. The summed E-state index contributed by atoms with van der Waals surface area (Å²) in [6.07, 6.45) is 2.77. The first-order valence-electron chi connectivity index (χ1n) is 12.0. The van der Waals surface area contributed by atoms with Gasteiger partial charge in [0.05, 0.1) is 0 Å². The fourth-order valence-electron chi connectivity index (χ4n) is 4.49. The van der Waals surface area contributed by atoms with Gasteiger partial charge in [0.25, 0.3) is 0 Å². The molecule has 1 fully saturated rings. The molecular weight excluding hydrogens is 453 g/mol. The number of hydrogen-bond donors (Lipinski definition) is 3. The lowest BCUT2D eigenvalue weighted by Gasteiger charge is -2.38. The predicted molar refractivity (Wildman–Crippen MR) is 128 cm³/mol. The Bertz CT molecular complexity index is 1020. The third-order valence-corrected chi connectivity index (χ3v) is 6.60. The standard InChI is InChI=1S/C26H32FN3O5/c1-2-3-21(30-25(32)28-15-18-4-7-20(27)8-5-18)24(31)29-16-26(10-12-33-13-11-26)19-6-9-22-23(14-19)35-17-34-22/h4-9,14,21H,2-3,10-13,15-17H2,1H3,(H,29,31)(H2,28,30,32). The van der Waals surface area contributed by atoms with E-state index in [1.807, 2.05) is 25.1 Å². The van der Waals surface area contributed by atoms with Gasteiger partial charge in [0.2, 0.25) is 12.7 Å². The van der Waals surface area contributed by atoms with E-state index in [-0.39, 0.29) is 30.5 Å². The number of carbonyl (C=O) groups is 2. The molecule has 9 heteroatoms. The minimum atomic E-state index is -0.665. The molecule has 2 aliphatic rings. The van der Waals surface area contributed by atoms with Crippen LogP contribution in [0.15, 0.2) is 42.5 Å². The lowest BCUT2D eigenvalue weighted by molar-refractivity contribution is -0.123. The van der Waals surface area contributed by atoms with Crippen LogP contribution >= 0.6 is 0 Å². The average Bonchev–Trinajstić information content (AvgIpc) is 3.35. The number of hydrogen-bond acceptors (Lipinski definition) is 5. The molecule has 0 saturated carbocycles. The van der Waals surface area contributed by atoms with Crippen molar-refractivity contribution in [3.63, 3.8) is 0 Å². The molecule has 4 rings (SSSR count). The van der Waals surface area contributed by atoms with E-state index in [1.165, 1.54) is 12.1 Å². The number of urea groups is 1. The van der Waals surface area contributed by atoms with Crippen molar-refractivity contribution in [1.29, 1.82) is 0 Å². The summed E-state index contributed by atoms with van der Waals surface area (Å²) in [7, 11) is 0. The van der Waals surface area contributed by atoms with Crippen LogP contribution in [0, 0.1) is 5.82 Å². The van der Waals surface area contributed by atoms with Gasteiger partial charge in [-0.2, -0.15) is 0 Å². The molecule has 0 spiro atoms. The van der Waals surface area contributed by atoms with Gasteiger partial charge < -0.3 is 30.2 Å². The monoisotopic (exact) mass is 485 g/mol. The highest BCUT2D eigenvalue weighted by atomic mass is 19.1. The lowest BCUT2D eigenvalue weighted by atomic mass is 9.74. The number of nitrogens with one attached hydrogen (secondary N) is 3. The van der Waals surface area contributed by atoms with E-state index in [0.717, 1.165) is 36.1 Å². The fraction of sp³-hybridized carbons (Fsp3) is 0.462. The van der Waals surface area contributed by atoms with Gasteiger partial charge in [-0.1, -0.05) is 31.5 Å². The van der Waals surface area contributed by atoms with E-state index >= 15 is 0 Å². The molecule has 2 heterocycles. The molecule has 1 unspecified atom stereocenters. The number of fused-ring (bicyclic) bond motifs is 1. The number of halogens is 1. The van der Waals surface area contributed by atoms with E-state index in [1.54, 1.807) is 12.1 Å². The Morgan fingerprint density at radius 1 is 1.03 bits per heavy atom. The zero-order valence-electron chi connectivity index (χ0n) is 19.9. The van der Waals surface area contributed by atoms with Crippen molar-refractivity contribution in [1.82, 2.24) is 16.0 Å².